The van der Waals surface area contributed by atoms with E-state index < -0.39 is 0 Å². The number of ether oxygens (including phenoxy) is 1. The van der Waals surface area contributed by atoms with E-state index in [0.717, 1.165) is 24.1 Å². The van der Waals surface area contributed by atoms with Crippen LogP contribution in [0.25, 0.3) is 0 Å². The molecule has 0 saturated carbocycles. The SMILES string of the molecule is COC(=O)N1CCN(CCNC(=O)c2ccc(Br)cc2)CC1. The van der Waals surface area contributed by atoms with Gasteiger partial charge in [-0.1, -0.05) is 15.9 Å². The third-order valence-corrected chi connectivity index (χ3v) is 4.15. The molecular weight excluding hydrogens is 350 g/mol. The molecular formula is C15H20BrN3O3. The fourth-order valence-electron chi connectivity index (χ4n) is 2.31. The Morgan fingerprint density at radius 1 is 1.18 bits per heavy atom. The molecule has 0 radical (unpaired) electrons. The molecule has 1 aromatic carbocycles. The lowest BCUT2D eigenvalue weighted by molar-refractivity contribution is 0.0885. The highest BCUT2D eigenvalue weighted by molar-refractivity contribution is 9.10. The average Bonchev–Trinajstić information content (AvgIpc) is 2.55. The average molecular weight is 370 g/mol. The van der Waals surface area contributed by atoms with Crippen molar-refractivity contribution in [3.63, 3.8) is 0 Å². The molecule has 1 saturated heterocycles. The van der Waals surface area contributed by atoms with Crippen LogP contribution in [0.3, 0.4) is 0 Å². The third-order valence-electron chi connectivity index (χ3n) is 3.63. The van der Waals surface area contributed by atoms with E-state index in [1.807, 2.05) is 12.1 Å². The summed E-state index contributed by atoms with van der Waals surface area (Å²) >= 11 is 3.34. The molecule has 1 fully saturated rings. The number of nitrogens with one attached hydrogen (secondary N) is 1. The molecule has 7 heteroatoms. The number of carbonyl (C=O) groups excluding carboxylic acids is 2. The van der Waals surface area contributed by atoms with Gasteiger partial charge in [0, 0.05) is 49.3 Å². The number of nitrogens with zero attached hydrogens (tertiary/aromatic N) is 2. The van der Waals surface area contributed by atoms with Crippen LogP contribution in [0.15, 0.2) is 28.7 Å². The minimum Gasteiger partial charge on any atom is -0.453 e. The quantitative estimate of drug-likeness (QED) is 0.874. The Morgan fingerprint density at radius 2 is 1.82 bits per heavy atom. The van der Waals surface area contributed by atoms with Crippen LogP contribution in [-0.4, -0.2) is 68.2 Å². The van der Waals surface area contributed by atoms with Gasteiger partial charge in [0.1, 0.15) is 0 Å². The first kappa shape index (κ1) is 16.8. The van der Waals surface area contributed by atoms with E-state index in [-0.39, 0.29) is 12.0 Å². The molecule has 6 nitrogen and oxygen atoms in total. The molecule has 0 unspecified atom stereocenters. The van der Waals surface area contributed by atoms with Gasteiger partial charge < -0.3 is 15.0 Å². The van der Waals surface area contributed by atoms with Crippen molar-refractivity contribution in [2.75, 3.05) is 46.4 Å². The first-order valence-electron chi connectivity index (χ1n) is 7.19. The van der Waals surface area contributed by atoms with Crippen LogP contribution in [0, 0.1) is 0 Å². The smallest absolute Gasteiger partial charge is 0.409 e. The molecule has 22 heavy (non-hydrogen) atoms. The highest BCUT2D eigenvalue weighted by Gasteiger charge is 2.21. The Bertz CT molecular complexity index is 513. The van der Waals surface area contributed by atoms with Gasteiger partial charge in [0.15, 0.2) is 0 Å². The first-order chi connectivity index (χ1) is 10.6. The van der Waals surface area contributed by atoms with Gasteiger partial charge in [-0.05, 0) is 24.3 Å². The minimum atomic E-state index is -0.275. The van der Waals surface area contributed by atoms with Crippen LogP contribution in [0.2, 0.25) is 0 Å². The van der Waals surface area contributed by atoms with Gasteiger partial charge in [-0.25, -0.2) is 4.79 Å². The van der Waals surface area contributed by atoms with Gasteiger partial charge in [0.05, 0.1) is 7.11 Å². The molecule has 0 aromatic heterocycles. The standard InChI is InChI=1S/C15H20BrN3O3/c1-22-15(21)19-10-8-18(9-11-19)7-6-17-14(20)12-2-4-13(16)5-3-12/h2-5H,6-11H2,1H3,(H,17,20). The molecule has 120 valence electrons. The number of hydrogen-bond donors (Lipinski definition) is 1. The van der Waals surface area contributed by atoms with Crippen LogP contribution in [-0.2, 0) is 4.74 Å². The maximum Gasteiger partial charge on any atom is 0.409 e. The van der Waals surface area contributed by atoms with Crippen LogP contribution in [0.1, 0.15) is 10.4 Å². The lowest BCUT2D eigenvalue weighted by atomic mass is 10.2. The van der Waals surface area contributed by atoms with Gasteiger partial charge in [-0.2, -0.15) is 0 Å². The van der Waals surface area contributed by atoms with E-state index in [0.29, 0.717) is 25.2 Å². The van der Waals surface area contributed by atoms with Crippen LogP contribution in [0.5, 0.6) is 0 Å². The fourth-order valence-corrected chi connectivity index (χ4v) is 2.58. The molecule has 1 N–H and O–H groups in total. The fraction of sp³-hybridized carbons (Fsp3) is 0.467. The highest BCUT2D eigenvalue weighted by Crippen LogP contribution is 2.10. The summed E-state index contributed by atoms with van der Waals surface area (Å²) in [5.41, 5.74) is 0.652. The Morgan fingerprint density at radius 3 is 2.41 bits per heavy atom. The summed E-state index contributed by atoms with van der Waals surface area (Å²) in [5.74, 6) is -0.0688. The summed E-state index contributed by atoms with van der Waals surface area (Å²) in [7, 11) is 1.40. The zero-order valence-electron chi connectivity index (χ0n) is 12.5. The van der Waals surface area contributed by atoms with E-state index in [4.69, 9.17) is 4.74 Å². The van der Waals surface area contributed by atoms with Gasteiger partial charge >= 0.3 is 6.09 Å². The Kier molecular flexibility index (Phi) is 6.21. The van der Waals surface area contributed by atoms with Crippen LogP contribution < -0.4 is 5.32 Å². The molecule has 0 bridgehead atoms. The van der Waals surface area contributed by atoms with Crippen molar-refractivity contribution in [2.45, 2.75) is 0 Å². The largest absolute Gasteiger partial charge is 0.453 e. The predicted octanol–water partition coefficient (Wildman–Crippen LogP) is 1.56. The van der Waals surface area contributed by atoms with Gasteiger partial charge in [0.2, 0.25) is 0 Å². The molecule has 1 aliphatic rings. The molecule has 0 spiro atoms. The van der Waals surface area contributed by atoms with Crippen molar-refractivity contribution in [2.24, 2.45) is 0 Å². The number of benzene rings is 1. The Labute approximate surface area is 138 Å². The van der Waals surface area contributed by atoms with E-state index in [2.05, 4.69) is 26.1 Å². The molecule has 0 atom stereocenters. The number of halogens is 1. The van der Waals surface area contributed by atoms with E-state index in [1.165, 1.54) is 7.11 Å². The van der Waals surface area contributed by atoms with Crippen molar-refractivity contribution >= 4 is 27.9 Å². The monoisotopic (exact) mass is 369 g/mol. The summed E-state index contributed by atoms with van der Waals surface area (Å²) in [4.78, 5) is 27.3. The van der Waals surface area contributed by atoms with E-state index >= 15 is 0 Å². The summed E-state index contributed by atoms with van der Waals surface area (Å²) in [6.07, 6.45) is -0.275. The number of hydrogen-bond acceptors (Lipinski definition) is 4. The number of rotatable bonds is 4. The van der Waals surface area contributed by atoms with Crippen molar-refractivity contribution < 1.29 is 14.3 Å². The van der Waals surface area contributed by atoms with Gasteiger partial charge in [-0.15, -0.1) is 0 Å². The van der Waals surface area contributed by atoms with Crippen LogP contribution in [0.4, 0.5) is 4.79 Å². The first-order valence-corrected chi connectivity index (χ1v) is 7.98. The number of amides is 2. The number of piperazine rings is 1. The van der Waals surface area contributed by atoms with Crippen LogP contribution >= 0.6 is 15.9 Å². The molecule has 2 rings (SSSR count). The topological polar surface area (TPSA) is 61.9 Å². The molecule has 1 heterocycles. The Hall–Kier alpha value is -1.60. The third kappa shape index (κ3) is 4.71. The minimum absolute atomic E-state index is 0.0688. The highest BCUT2D eigenvalue weighted by atomic mass is 79.9. The predicted molar refractivity (Wildman–Crippen MR) is 86.9 cm³/mol. The summed E-state index contributed by atoms with van der Waals surface area (Å²) in [6, 6.07) is 7.27. The second-order valence-corrected chi connectivity index (χ2v) is 5.98. The van der Waals surface area contributed by atoms with Crippen molar-refractivity contribution in [1.29, 1.82) is 0 Å². The molecule has 2 amide bonds. The molecule has 1 aliphatic heterocycles. The van der Waals surface area contributed by atoms with Gasteiger partial charge in [0.25, 0.3) is 5.91 Å². The maximum absolute atomic E-state index is 12.0. The second-order valence-electron chi connectivity index (χ2n) is 5.06. The van der Waals surface area contributed by atoms with Crippen molar-refractivity contribution in [1.82, 2.24) is 15.1 Å². The number of methoxy groups -OCH3 is 1. The van der Waals surface area contributed by atoms with Crippen molar-refractivity contribution in [3.8, 4) is 0 Å². The molecule has 1 aromatic rings. The summed E-state index contributed by atoms with van der Waals surface area (Å²) in [6.45, 7) is 4.28. The lowest BCUT2D eigenvalue weighted by Gasteiger charge is -2.33. The second kappa shape index (κ2) is 8.14. The summed E-state index contributed by atoms with van der Waals surface area (Å²) < 4.78 is 5.65. The zero-order valence-corrected chi connectivity index (χ0v) is 14.1. The van der Waals surface area contributed by atoms with Crippen molar-refractivity contribution in [3.05, 3.63) is 34.3 Å². The van der Waals surface area contributed by atoms with Gasteiger partial charge in [-0.3, -0.25) is 9.69 Å². The van der Waals surface area contributed by atoms with E-state index in [9.17, 15) is 9.59 Å². The van der Waals surface area contributed by atoms with E-state index in [1.54, 1.807) is 17.0 Å². The Balaban J connectivity index is 1.68. The lowest BCUT2D eigenvalue weighted by Crippen LogP contribution is -2.50. The number of carbonyl (C=O) groups is 2. The molecule has 0 aliphatic carbocycles. The zero-order chi connectivity index (χ0) is 15.9. The maximum atomic E-state index is 12.0. The summed E-state index contributed by atoms with van der Waals surface area (Å²) in [5, 5.41) is 2.91. The normalized spacial score (nSPS) is 15.5.